The molecule has 0 unspecified atom stereocenters. The second kappa shape index (κ2) is 7.76. The van der Waals surface area contributed by atoms with E-state index in [-0.39, 0.29) is 17.3 Å². The molecule has 0 fully saturated rings. The van der Waals surface area contributed by atoms with Crippen LogP contribution in [0.15, 0.2) is 17.2 Å². The van der Waals surface area contributed by atoms with E-state index in [0.29, 0.717) is 36.0 Å². The fourth-order valence-electron chi connectivity index (χ4n) is 1.75. The van der Waals surface area contributed by atoms with Crippen molar-refractivity contribution in [2.75, 3.05) is 32.6 Å². The largest absolute Gasteiger partial charge is 0.453 e. The lowest BCUT2D eigenvalue weighted by Gasteiger charge is -2.10. The highest BCUT2D eigenvalue weighted by Crippen LogP contribution is 2.26. The van der Waals surface area contributed by atoms with Gasteiger partial charge in [-0.05, 0) is 0 Å². The van der Waals surface area contributed by atoms with Crippen LogP contribution in [0.5, 0.6) is 0 Å². The molecule has 0 aromatic carbocycles. The van der Waals surface area contributed by atoms with Gasteiger partial charge >= 0.3 is 6.09 Å². The summed E-state index contributed by atoms with van der Waals surface area (Å²) in [5, 5.41) is 8.71. The molecule has 0 aliphatic heterocycles. The number of thioether (sulfide) groups is 1. The van der Waals surface area contributed by atoms with E-state index in [1.165, 1.54) is 31.1 Å². The molecule has 0 bridgehead atoms. The van der Waals surface area contributed by atoms with Crippen molar-refractivity contribution in [2.24, 2.45) is 0 Å². The molecule has 2 rings (SSSR count). The highest BCUT2D eigenvalue weighted by atomic mass is 32.2. The zero-order chi connectivity index (χ0) is 15.9. The number of aromatic amines is 1. The van der Waals surface area contributed by atoms with E-state index in [1.54, 1.807) is 0 Å². The number of nitrogens with zero attached hydrogens (tertiary/aromatic N) is 1. The van der Waals surface area contributed by atoms with Gasteiger partial charge in [-0.1, -0.05) is 0 Å². The minimum Gasteiger partial charge on any atom is -0.453 e. The summed E-state index contributed by atoms with van der Waals surface area (Å²) in [6.07, 6.45) is 2.16. The van der Waals surface area contributed by atoms with Crippen LogP contribution in [-0.2, 0) is 9.47 Å². The number of carbonyl (C=O) groups is 3. The SMILES string of the molecule is COC(=O)NCCOCCSC1=CC(=O)c2[nH]ncc2C1=O. The van der Waals surface area contributed by atoms with Crippen molar-refractivity contribution < 1.29 is 23.9 Å². The fraction of sp³-hybridized carbons (Fsp3) is 0.385. The first-order chi connectivity index (χ1) is 10.6. The van der Waals surface area contributed by atoms with E-state index in [9.17, 15) is 14.4 Å². The molecule has 118 valence electrons. The van der Waals surface area contributed by atoms with Crippen LogP contribution in [0.1, 0.15) is 20.8 Å². The lowest BCUT2D eigenvalue weighted by atomic mass is 10.0. The second-order valence-corrected chi connectivity index (χ2v) is 5.38. The topological polar surface area (TPSA) is 110 Å². The Morgan fingerprint density at radius 3 is 3.00 bits per heavy atom. The van der Waals surface area contributed by atoms with Crippen LogP contribution >= 0.6 is 11.8 Å². The second-order valence-electron chi connectivity index (χ2n) is 4.24. The van der Waals surface area contributed by atoms with Crippen molar-refractivity contribution in [2.45, 2.75) is 0 Å². The zero-order valence-electron chi connectivity index (χ0n) is 11.9. The number of carbonyl (C=O) groups excluding carboxylic acids is 3. The molecule has 1 aliphatic rings. The van der Waals surface area contributed by atoms with E-state index in [0.717, 1.165) is 0 Å². The van der Waals surface area contributed by atoms with Crippen LogP contribution in [0.4, 0.5) is 4.79 Å². The van der Waals surface area contributed by atoms with E-state index in [2.05, 4.69) is 20.3 Å². The summed E-state index contributed by atoms with van der Waals surface area (Å²) in [4.78, 5) is 35.0. The van der Waals surface area contributed by atoms with Gasteiger partial charge in [0.15, 0.2) is 0 Å². The summed E-state index contributed by atoms with van der Waals surface area (Å²) in [6, 6.07) is 0. The van der Waals surface area contributed by atoms with Gasteiger partial charge in [-0.3, -0.25) is 14.7 Å². The first-order valence-corrected chi connectivity index (χ1v) is 7.48. The third kappa shape index (κ3) is 3.95. The van der Waals surface area contributed by atoms with E-state index in [4.69, 9.17) is 4.74 Å². The van der Waals surface area contributed by atoms with Crippen LogP contribution in [0.3, 0.4) is 0 Å². The van der Waals surface area contributed by atoms with Gasteiger partial charge in [0.25, 0.3) is 0 Å². The number of alkyl carbamates (subject to hydrolysis) is 1. The number of rotatable bonds is 7. The maximum Gasteiger partial charge on any atom is 0.406 e. The highest BCUT2D eigenvalue weighted by molar-refractivity contribution is 8.04. The fourth-order valence-corrected chi connectivity index (χ4v) is 2.61. The van der Waals surface area contributed by atoms with Gasteiger partial charge in [0.2, 0.25) is 11.6 Å². The molecule has 0 spiro atoms. The van der Waals surface area contributed by atoms with Crippen LogP contribution < -0.4 is 5.32 Å². The molecular formula is C13H15N3O5S. The van der Waals surface area contributed by atoms with Gasteiger partial charge in [0.1, 0.15) is 5.69 Å². The maximum atomic E-state index is 12.1. The van der Waals surface area contributed by atoms with Crippen LogP contribution in [-0.4, -0.2) is 60.5 Å². The van der Waals surface area contributed by atoms with Gasteiger partial charge in [-0.25, -0.2) is 4.79 Å². The molecule has 1 aromatic rings. The van der Waals surface area contributed by atoms with Gasteiger partial charge in [0, 0.05) is 18.4 Å². The monoisotopic (exact) mass is 325 g/mol. The normalized spacial score (nSPS) is 13.6. The minimum atomic E-state index is -0.509. The average molecular weight is 325 g/mol. The number of fused-ring (bicyclic) bond motifs is 1. The van der Waals surface area contributed by atoms with Crippen LogP contribution in [0.25, 0.3) is 0 Å². The number of hydrogen-bond donors (Lipinski definition) is 2. The van der Waals surface area contributed by atoms with Crippen molar-refractivity contribution in [3.63, 3.8) is 0 Å². The third-order valence-electron chi connectivity index (χ3n) is 2.80. The summed E-state index contributed by atoms with van der Waals surface area (Å²) in [6.45, 7) is 1.08. The molecule has 2 N–H and O–H groups in total. The van der Waals surface area contributed by atoms with Crippen molar-refractivity contribution in [3.8, 4) is 0 Å². The number of amides is 1. The molecular weight excluding hydrogens is 310 g/mol. The minimum absolute atomic E-state index is 0.208. The molecule has 1 amide bonds. The third-order valence-corrected chi connectivity index (χ3v) is 3.79. The molecule has 22 heavy (non-hydrogen) atoms. The predicted octanol–water partition coefficient (Wildman–Crippen LogP) is 0.778. The first kappa shape index (κ1) is 16.2. The summed E-state index contributed by atoms with van der Waals surface area (Å²) in [5.74, 6) is 0.0644. The lowest BCUT2D eigenvalue weighted by Crippen LogP contribution is -2.27. The van der Waals surface area contributed by atoms with Gasteiger partial charge < -0.3 is 14.8 Å². The van der Waals surface area contributed by atoms with E-state index >= 15 is 0 Å². The molecule has 0 radical (unpaired) electrons. The smallest absolute Gasteiger partial charge is 0.406 e. The Kier molecular flexibility index (Phi) is 5.73. The predicted molar refractivity (Wildman–Crippen MR) is 79.0 cm³/mol. The lowest BCUT2D eigenvalue weighted by molar-refractivity contribution is 0.0989. The highest BCUT2D eigenvalue weighted by Gasteiger charge is 2.27. The molecule has 1 aromatic heterocycles. The number of H-pyrrole nitrogens is 1. The van der Waals surface area contributed by atoms with Gasteiger partial charge in [-0.2, -0.15) is 5.10 Å². The Balaban J connectivity index is 1.69. The van der Waals surface area contributed by atoms with Crippen molar-refractivity contribution in [1.29, 1.82) is 0 Å². The molecule has 0 saturated heterocycles. The Morgan fingerprint density at radius 2 is 2.23 bits per heavy atom. The molecule has 1 aliphatic carbocycles. The number of nitrogens with one attached hydrogen (secondary N) is 2. The summed E-state index contributed by atoms with van der Waals surface area (Å²) in [5.41, 5.74) is 0.540. The van der Waals surface area contributed by atoms with E-state index < -0.39 is 6.09 Å². The van der Waals surface area contributed by atoms with Crippen molar-refractivity contribution in [1.82, 2.24) is 15.5 Å². The number of ketones is 2. The van der Waals surface area contributed by atoms with Crippen molar-refractivity contribution in [3.05, 3.63) is 28.4 Å². The Hall–Kier alpha value is -2.13. The summed E-state index contributed by atoms with van der Waals surface area (Å²) < 4.78 is 9.71. The first-order valence-electron chi connectivity index (χ1n) is 6.50. The van der Waals surface area contributed by atoms with E-state index in [1.807, 2.05) is 0 Å². The number of Topliss-reactive ketones (excluding diaryl/α,β-unsaturated/α-hetero) is 1. The van der Waals surface area contributed by atoms with Crippen LogP contribution in [0.2, 0.25) is 0 Å². The maximum absolute atomic E-state index is 12.1. The Bertz CT molecular complexity index is 611. The van der Waals surface area contributed by atoms with Crippen molar-refractivity contribution >= 4 is 29.4 Å². The number of aromatic nitrogens is 2. The van der Waals surface area contributed by atoms with Gasteiger partial charge in [0.05, 0.1) is 37.0 Å². The van der Waals surface area contributed by atoms with Crippen LogP contribution in [0, 0.1) is 0 Å². The molecule has 8 nitrogen and oxygen atoms in total. The van der Waals surface area contributed by atoms with Gasteiger partial charge in [-0.15, -0.1) is 11.8 Å². The Morgan fingerprint density at radius 1 is 1.41 bits per heavy atom. The number of ether oxygens (including phenoxy) is 2. The number of hydrogen-bond acceptors (Lipinski definition) is 7. The molecule has 0 atom stereocenters. The molecule has 9 heteroatoms. The number of methoxy groups -OCH3 is 1. The number of allylic oxidation sites excluding steroid dienone is 2. The average Bonchev–Trinajstić information content (AvgIpc) is 3.01. The standard InChI is InChI=1S/C13H15N3O5S/c1-20-13(19)14-2-3-21-4-5-22-10-6-9(17)11-8(12(10)18)7-15-16-11/h6-7H,2-5H2,1H3,(H,14,19)(H,15,16). The molecule has 0 saturated carbocycles. The molecule has 1 heterocycles. The Labute approximate surface area is 130 Å². The zero-order valence-corrected chi connectivity index (χ0v) is 12.7. The summed E-state index contributed by atoms with van der Waals surface area (Å²) in [7, 11) is 1.29. The summed E-state index contributed by atoms with van der Waals surface area (Å²) >= 11 is 1.26. The quantitative estimate of drug-likeness (QED) is 0.713.